The molecule has 2 aliphatic rings. The number of rotatable bonds is 2. The highest BCUT2D eigenvalue weighted by atomic mass is 16.5. The molecule has 0 aromatic heterocycles. The molecule has 2 unspecified atom stereocenters. The molecule has 0 spiro atoms. The second kappa shape index (κ2) is 5.51. The Balaban J connectivity index is 1.84. The van der Waals surface area contributed by atoms with Crippen molar-refractivity contribution < 1.29 is 9.84 Å². The molecule has 2 atom stereocenters. The lowest BCUT2D eigenvalue weighted by Gasteiger charge is -2.40. The summed E-state index contributed by atoms with van der Waals surface area (Å²) in [6, 6.07) is 6.34. The summed E-state index contributed by atoms with van der Waals surface area (Å²) in [5.41, 5.74) is 2.75. The van der Waals surface area contributed by atoms with Crippen molar-refractivity contribution in [1.29, 1.82) is 0 Å². The molecule has 1 aromatic rings. The number of hydrogen-bond acceptors (Lipinski definition) is 3. The van der Waals surface area contributed by atoms with Gasteiger partial charge in [0.15, 0.2) is 0 Å². The second-order valence-corrected chi connectivity index (χ2v) is 5.79. The summed E-state index contributed by atoms with van der Waals surface area (Å²) in [6.07, 6.45) is 6.35. The number of ether oxygens (including phenoxy) is 1. The highest BCUT2D eigenvalue weighted by Gasteiger charge is 2.30. The number of fused-ring (bicyclic) bond motifs is 1. The number of methoxy groups -OCH3 is 1. The first-order chi connectivity index (χ1) is 9.28. The van der Waals surface area contributed by atoms with Crippen LogP contribution in [0, 0.1) is 0 Å². The zero-order valence-corrected chi connectivity index (χ0v) is 11.6. The number of likely N-dealkylation sites (tertiary alicyclic amines) is 1. The van der Waals surface area contributed by atoms with Gasteiger partial charge < -0.3 is 9.84 Å². The molecule has 19 heavy (non-hydrogen) atoms. The van der Waals surface area contributed by atoms with Gasteiger partial charge in [-0.3, -0.25) is 4.90 Å². The molecule has 1 heterocycles. The average molecular weight is 261 g/mol. The number of nitrogens with zero attached hydrogens (tertiary/aromatic N) is 1. The molecule has 0 saturated carbocycles. The summed E-state index contributed by atoms with van der Waals surface area (Å²) in [4.78, 5) is 2.55. The largest absolute Gasteiger partial charge is 0.508 e. The molecule has 1 aliphatic carbocycles. The van der Waals surface area contributed by atoms with E-state index in [1.54, 1.807) is 0 Å². The normalized spacial score (nSPS) is 28.1. The molecule has 0 bridgehead atoms. The number of hydrogen-bond donors (Lipinski definition) is 1. The van der Waals surface area contributed by atoms with Crippen molar-refractivity contribution in [1.82, 2.24) is 4.90 Å². The van der Waals surface area contributed by atoms with Gasteiger partial charge >= 0.3 is 0 Å². The van der Waals surface area contributed by atoms with Crippen molar-refractivity contribution in [3.05, 3.63) is 29.3 Å². The summed E-state index contributed by atoms with van der Waals surface area (Å²) in [5.74, 6) is 0.394. The van der Waals surface area contributed by atoms with Crippen LogP contribution in [0.1, 0.15) is 42.9 Å². The Morgan fingerprint density at radius 1 is 1.26 bits per heavy atom. The van der Waals surface area contributed by atoms with Crippen LogP contribution in [-0.2, 0) is 11.2 Å². The minimum Gasteiger partial charge on any atom is -0.508 e. The van der Waals surface area contributed by atoms with E-state index >= 15 is 0 Å². The van der Waals surface area contributed by atoms with E-state index in [2.05, 4.69) is 11.0 Å². The number of phenolic OH excluding ortho intramolecular Hbond substituents is 1. The van der Waals surface area contributed by atoms with Gasteiger partial charge in [0.25, 0.3) is 0 Å². The maximum absolute atomic E-state index is 9.76. The molecule has 3 rings (SSSR count). The molecule has 104 valence electrons. The summed E-state index contributed by atoms with van der Waals surface area (Å²) in [5, 5.41) is 9.76. The third-order valence-electron chi connectivity index (χ3n) is 4.60. The molecule has 1 saturated heterocycles. The summed E-state index contributed by atoms with van der Waals surface area (Å²) < 4.78 is 5.53. The van der Waals surface area contributed by atoms with E-state index in [0.29, 0.717) is 17.9 Å². The van der Waals surface area contributed by atoms with Crippen molar-refractivity contribution >= 4 is 0 Å². The number of piperidine rings is 1. The van der Waals surface area contributed by atoms with E-state index in [4.69, 9.17) is 4.74 Å². The van der Waals surface area contributed by atoms with Gasteiger partial charge in [0.2, 0.25) is 0 Å². The third kappa shape index (κ3) is 2.63. The quantitative estimate of drug-likeness (QED) is 0.888. The lowest BCUT2D eigenvalue weighted by atomic mass is 9.85. The molecule has 1 aromatic carbocycles. The standard InChI is InChI=1S/C16H23NO2/c1-19-14-5-3-9-17(11-14)16-6-2-4-12-7-8-13(18)10-15(12)16/h7-8,10,14,16,18H,2-6,9,11H2,1H3. The van der Waals surface area contributed by atoms with Crippen LogP contribution in [0.25, 0.3) is 0 Å². The Hall–Kier alpha value is -1.06. The van der Waals surface area contributed by atoms with Crippen LogP contribution in [0.3, 0.4) is 0 Å². The highest BCUT2D eigenvalue weighted by Crippen LogP contribution is 2.37. The van der Waals surface area contributed by atoms with E-state index < -0.39 is 0 Å². The lowest BCUT2D eigenvalue weighted by Crippen LogP contribution is -2.42. The molecular formula is C16H23NO2. The van der Waals surface area contributed by atoms with Gasteiger partial charge in [-0.05, 0) is 61.9 Å². The minimum absolute atomic E-state index is 0.372. The predicted octanol–water partition coefficient (Wildman–Crippen LogP) is 2.88. The van der Waals surface area contributed by atoms with Crippen molar-refractivity contribution in [2.45, 2.75) is 44.2 Å². The molecule has 1 aliphatic heterocycles. The van der Waals surface area contributed by atoms with E-state index in [-0.39, 0.29) is 0 Å². The smallest absolute Gasteiger partial charge is 0.115 e. The van der Waals surface area contributed by atoms with Crippen LogP contribution >= 0.6 is 0 Å². The number of aryl methyl sites for hydroxylation is 1. The van der Waals surface area contributed by atoms with E-state index in [0.717, 1.165) is 19.5 Å². The Kier molecular flexibility index (Phi) is 3.76. The summed E-state index contributed by atoms with van der Waals surface area (Å²) in [6.45, 7) is 2.18. The SMILES string of the molecule is COC1CCCN(C2CCCc3ccc(O)cc32)C1. The van der Waals surface area contributed by atoms with Gasteiger partial charge in [-0.2, -0.15) is 0 Å². The molecular weight excluding hydrogens is 238 g/mol. The molecule has 1 N–H and O–H groups in total. The van der Waals surface area contributed by atoms with E-state index in [1.165, 1.54) is 36.8 Å². The van der Waals surface area contributed by atoms with Gasteiger partial charge in [0.1, 0.15) is 5.75 Å². The van der Waals surface area contributed by atoms with Gasteiger partial charge in [-0.25, -0.2) is 0 Å². The van der Waals surface area contributed by atoms with Gasteiger partial charge in [0, 0.05) is 19.7 Å². The fraction of sp³-hybridized carbons (Fsp3) is 0.625. The van der Waals surface area contributed by atoms with Crippen molar-refractivity contribution in [2.75, 3.05) is 20.2 Å². The van der Waals surface area contributed by atoms with Crippen LogP contribution in [0.15, 0.2) is 18.2 Å². The first-order valence-electron chi connectivity index (χ1n) is 7.36. The van der Waals surface area contributed by atoms with Crippen LogP contribution < -0.4 is 0 Å². The van der Waals surface area contributed by atoms with Gasteiger partial charge in [0.05, 0.1) is 6.10 Å². The first kappa shape index (κ1) is 12.9. The topological polar surface area (TPSA) is 32.7 Å². The Morgan fingerprint density at radius 2 is 2.16 bits per heavy atom. The fourth-order valence-corrected chi connectivity index (χ4v) is 3.58. The van der Waals surface area contributed by atoms with Crippen molar-refractivity contribution in [2.24, 2.45) is 0 Å². The highest BCUT2D eigenvalue weighted by molar-refractivity contribution is 5.38. The van der Waals surface area contributed by atoms with E-state index in [1.807, 2.05) is 19.2 Å². The Morgan fingerprint density at radius 3 is 3.00 bits per heavy atom. The number of benzene rings is 1. The van der Waals surface area contributed by atoms with E-state index in [9.17, 15) is 5.11 Å². The second-order valence-electron chi connectivity index (χ2n) is 5.79. The molecule has 0 radical (unpaired) electrons. The lowest BCUT2D eigenvalue weighted by molar-refractivity contribution is 0.0109. The van der Waals surface area contributed by atoms with Crippen LogP contribution in [0.5, 0.6) is 5.75 Å². The fourth-order valence-electron chi connectivity index (χ4n) is 3.58. The molecule has 3 heteroatoms. The Labute approximate surface area is 115 Å². The maximum Gasteiger partial charge on any atom is 0.115 e. The van der Waals surface area contributed by atoms with Crippen LogP contribution in [-0.4, -0.2) is 36.3 Å². The third-order valence-corrected chi connectivity index (χ3v) is 4.60. The molecule has 0 amide bonds. The predicted molar refractivity (Wildman–Crippen MR) is 75.4 cm³/mol. The van der Waals surface area contributed by atoms with Crippen molar-refractivity contribution in [3.8, 4) is 5.75 Å². The molecule has 1 fully saturated rings. The molecule has 3 nitrogen and oxygen atoms in total. The minimum atomic E-state index is 0.372. The van der Waals surface area contributed by atoms with Gasteiger partial charge in [-0.1, -0.05) is 6.07 Å². The first-order valence-corrected chi connectivity index (χ1v) is 7.36. The zero-order chi connectivity index (χ0) is 13.2. The summed E-state index contributed by atoms with van der Waals surface area (Å²) in [7, 11) is 1.81. The number of aromatic hydroxyl groups is 1. The zero-order valence-electron chi connectivity index (χ0n) is 11.6. The van der Waals surface area contributed by atoms with Crippen LogP contribution in [0.2, 0.25) is 0 Å². The Bertz CT molecular complexity index is 446. The van der Waals surface area contributed by atoms with Crippen LogP contribution in [0.4, 0.5) is 0 Å². The van der Waals surface area contributed by atoms with Gasteiger partial charge in [-0.15, -0.1) is 0 Å². The average Bonchev–Trinajstić information content (AvgIpc) is 2.46. The monoisotopic (exact) mass is 261 g/mol. The number of phenols is 1. The van der Waals surface area contributed by atoms with Crippen molar-refractivity contribution in [3.63, 3.8) is 0 Å². The summed E-state index contributed by atoms with van der Waals surface area (Å²) >= 11 is 0. The maximum atomic E-state index is 9.76.